The maximum absolute atomic E-state index is 11.8. The van der Waals surface area contributed by atoms with Gasteiger partial charge < -0.3 is 15.2 Å². The predicted molar refractivity (Wildman–Crippen MR) is 67.1 cm³/mol. The summed E-state index contributed by atoms with van der Waals surface area (Å²) < 4.78 is 6.47. The molecule has 1 heterocycles. The smallest absolute Gasteiger partial charge is 0.244 e. The van der Waals surface area contributed by atoms with E-state index < -0.39 is 11.6 Å². The van der Waals surface area contributed by atoms with Gasteiger partial charge in [0.05, 0.1) is 5.60 Å². The molecule has 0 spiro atoms. The van der Waals surface area contributed by atoms with Gasteiger partial charge in [0.1, 0.15) is 6.04 Å². The molecule has 1 aromatic heterocycles. The zero-order valence-corrected chi connectivity index (χ0v) is 11.1. The molecule has 0 saturated heterocycles. The largest absolute Gasteiger partial charge is 0.388 e. The van der Waals surface area contributed by atoms with Crippen LogP contribution < -0.4 is 5.32 Å². The number of nitrogens with one attached hydrogen (secondary N) is 1. The van der Waals surface area contributed by atoms with Crippen LogP contribution in [0.15, 0.2) is 18.5 Å². The second-order valence-corrected chi connectivity index (χ2v) is 4.62. The summed E-state index contributed by atoms with van der Waals surface area (Å²) in [6.07, 6.45) is 3.83. The molecule has 1 amide bonds. The minimum absolute atomic E-state index is 0.170. The van der Waals surface area contributed by atoms with Crippen molar-refractivity contribution in [3.05, 3.63) is 18.5 Å². The third-order valence-electron chi connectivity index (χ3n) is 2.79. The van der Waals surface area contributed by atoms with Gasteiger partial charge in [0.25, 0.3) is 0 Å². The molecule has 0 aliphatic rings. The Labute approximate surface area is 107 Å². The Balaban J connectivity index is 2.41. The van der Waals surface area contributed by atoms with Crippen molar-refractivity contribution < 1.29 is 14.6 Å². The van der Waals surface area contributed by atoms with Gasteiger partial charge in [-0.15, -0.1) is 0 Å². The van der Waals surface area contributed by atoms with E-state index in [1.165, 1.54) is 0 Å². The van der Waals surface area contributed by atoms with Gasteiger partial charge in [-0.05, 0) is 19.9 Å². The number of ether oxygens (including phenoxy) is 1. The highest BCUT2D eigenvalue weighted by atomic mass is 16.5. The van der Waals surface area contributed by atoms with Crippen LogP contribution in [0.5, 0.6) is 0 Å². The minimum Gasteiger partial charge on any atom is -0.388 e. The molecule has 2 atom stereocenters. The second-order valence-electron chi connectivity index (χ2n) is 4.62. The third-order valence-corrected chi connectivity index (χ3v) is 2.79. The molecule has 0 aliphatic heterocycles. The summed E-state index contributed by atoms with van der Waals surface area (Å²) in [4.78, 5) is 11.8. The lowest BCUT2D eigenvalue weighted by Crippen LogP contribution is -2.43. The van der Waals surface area contributed by atoms with Crippen LogP contribution >= 0.6 is 0 Å². The Morgan fingerprint density at radius 3 is 2.94 bits per heavy atom. The molecule has 2 N–H and O–H groups in total. The molecule has 102 valence electrons. The zero-order chi connectivity index (χ0) is 13.6. The molecule has 0 fully saturated rings. The normalized spacial score (nSPS) is 16.0. The van der Waals surface area contributed by atoms with Crippen molar-refractivity contribution in [2.75, 3.05) is 20.3 Å². The number of hydrogen-bond donors (Lipinski definition) is 2. The molecule has 0 aromatic carbocycles. The summed E-state index contributed by atoms with van der Waals surface area (Å²) in [5.41, 5.74) is -0.963. The van der Waals surface area contributed by atoms with Crippen molar-refractivity contribution >= 4 is 5.91 Å². The van der Waals surface area contributed by atoms with Crippen LogP contribution in [-0.2, 0) is 9.53 Å². The van der Waals surface area contributed by atoms with Crippen LogP contribution in [0, 0.1) is 0 Å². The number of nitrogens with zero attached hydrogens (tertiary/aromatic N) is 2. The van der Waals surface area contributed by atoms with E-state index in [0.29, 0.717) is 13.0 Å². The average Bonchev–Trinajstić information content (AvgIpc) is 2.86. The van der Waals surface area contributed by atoms with E-state index in [-0.39, 0.29) is 12.5 Å². The SMILES string of the molecule is COCCC(C)(O)CNC(=O)C(C)n1cccn1. The van der Waals surface area contributed by atoms with Crippen LogP contribution in [-0.4, -0.2) is 46.7 Å². The predicted octanol–water partition coefficient (Wildman–Crippen LogP) is 0.348. The van der Waals surface area contributed by atoms with E-state index in [9.17, 15) is 9.90 Å². The van der Waals surface area contributed by atoms with E-state index in [1.807, 2.05) is 0 Å². The van der Waals surface area contributed by atoms with Crippen LogP contribution in [0.1, 0.15) is 26.3 Å². The second kappa shape index (κ2) is 6.51. The van der Waals surface area contributed by atoms with E-state index in [0.717, 1.165) is 0 Å². The van der Waals surface area contributed by atoms with Crippen LogP contribution in [0.2, 0.25) is 0 Å². The quantitative estimate of drug-likeness (QED) is 0.737. The number of aromatic nitrogens is 2. The monoisotopic (exact) mass is 255 g/mol. The summed E-state index contributed by atoms with van der Waals surface area (Å²) in [5, 5.41) is 16.7. The first-order valence-electron chi connectivity index (χ1n) is 5.94. The molecular formula is C12H21N3O3. The van der Waals surface area contributed by atoms with Gasteiger partial charge in [-0.25, -0.2) is 0 Å². The fourth-order valence-corrected chi connectivity index (χ4v) is 1.47. The minimum atomic E-state index is -0.963. The third kappa shape index (κ3) is 4.46. The fourth-order valence-electron chi connectivity index (χ4n) is 1.47. The standard InChI is InChI=1S/C12H21N3O3/c1-10(15-7-4-6-14-15)11(16)13-9-12(2,17)5-8-18-3/h4,6-7,10,17H,5,8-9H2,1-3H3,(H,13,16). The number of methoxy groups -OCH3 is 1. The maximum Gasteiger partial charge on any atom is 0.244 e. The Morgan fingerprint density at radius 2 is 2.39 bits per heavy atom. The first kappa shape index (κ1) is 14.7. The summed E-state index contributed by atoms with van der Waals surface area (Å²) in [5.74, 6) is -0.170. The van der Waals surface area contributed by atoms with Crippen molar-refractivity contribution in [1.29, 1.82) is 0 Å². The molecule has 0 bridgehead atoms. The fraction of sp³-hybridized carbons (Fsp3) is 0.667. The Hall–Kier alpha value is -1.40. The molecular weight excluding hydrogens is 234 g/mol. The van der Waals surface area contributed by atoms with Crippen molar-refractivity contribution in [3.63, 3.8) is 0 Å². The highest BCUT2D eigenvalue weighted by molar-refractivity contribution is 5.79. The van der Waals surface area contributed by atoms with Gasteiger partial charge in [-0.2, -0.15) is 5.10 Å². The lowest BCUT2D eigenvalue weighted by molar-refractivity contribution is -0.125. The summed E-state index contributed by atoms with van der Waals surface area (Å²) in [6, 6.07) is 1.37. The van der Waals surface area contributed by atoms with Crippen molar-refractivity contribution in [1.82, 2.24) is 15.1 Å². The van der Waals surface area contributed by atoms with Crippen molar-refractivity contribution in [3.8, 4) is 0 Å². The molecule has 6 heteroatoms. The Morgan fingerprint density at radius 1 is 1.67 bits per heavy atom. The summed E-state index contributed by atoms with van der Waals surface area (Å²) >= 11 is 0. The van der Waals surface area contributed by atoms with Gasteiger partial charge in [-0.3, -0.25) is 9.48 Å². The van der Waals surface area contributed by atoms with E-state index in [4.69, 9.17) is 4.74 Å². The van der Waals surface area contributed by atoms with Gasteiger partial charge in [-0.1, -0.05) is 0 Å². The highest BCUT2D eigenvalue weighted by Gasteiger charge is 2.23. The first-order chi connectivity index (χ1) is 8.46. The number of carbonyl (C=O) groups excluding carboxylic acids is 1. The zero-order valence-electron chi connectivity index (χ0n) is 11.1. The van der Waals surface area contributed by atoms with Crippen LogP contribution in [0.3, 0.4) is 0 Å². The molecule has 6 nitrogen and oxygen atoms in total. The molecule has 0 saturated carbocycles. The molecule has 2 unspecified atom stereocenters. The molecule has 1 rings (SSSR count). The molecule has 18 heavy (non-hydrogen) atoms. The summed E-state index contributed by atoms with van der Waals surface area (Å²) in [7, 11) is 1.58. The number of aliphatic hydroxyl groups is 1. The lowest BCUT2D eigenvalue weighted by atomic mass is 10.0. The Kier molecular flexibility index (Phi) is 5.30. The van der Waals surface area contributed by atoms with Crippen LogP contribution in [0.25, 0.3) is 0 Å². The average molecular weight is 255 g/mol. The molecule has 0 radical (unpaired) electrons. The van der Waals surface area contributed by atoms with Crippen molar-refractivity contribution in [2.24, 2.45) is 0 Å². The number of carbonyl (C=O) groups is 1. The highest BCUT2D eigenvalue weighted by Crippen LogP contribution is 2.09. The van der Waals surface area contributed by atoms with Crippen molar-refractivity contribution in [2.45, 2.75) is 31.9 Å². The Bertz CT molecular complexity index is 363. The number of amides is 1. The number of rotatable bonds is 7. The van der Waals surface area contributed by atoms with E-state index in [2.05, 4.69) is 10.4 Å². The van der Waals surface area contributed by atoms with E-state index in [1.54, 1.807) is 44.1 Å². The van der Waals surface area contributed by atoms with Crippen LogP contribution in [0.4, 0.5) is 0 Å². The lowest BCUT2D eigenvalue weighted by Gasteiger charge is -2.24. The molecule has 1 aromatic rings. The van der Waals surface area contributed by atoms with Gasteiger partial charge in [0, 0.05) is 39.1 Å². The number of hydrogen-bond acceptors (Lipinski definition) is 4. The summed E-state index contributed by atoms with van der Waals surface area (Å²) in [6.45, 7) is 4.08. The maximum atomic E-state index is 11.8. The van der Waals surface area contributed by atoms with Gasteiger partial charge in [0.2, 0.25) is 5.91 Å². The van der Waals surface area contributed by atoms with Gasteiger partial charge in [0.15, 0.2) is 0 Å². The first-order valence-corrected chi connectivity index (χ1v) is 5.94. The van der Waals surface area contributed by atoms with Gasteiger partial charge >= 0.3 is 0 Å². The topological polar surface area (TPSA) is 76.4 Å². The van der Waals surface area contributed by atoms with E-state index >= 15 is 0 Å². The molecule has 0 aliphatic carbocycles.